The van der Waals surface area contributed by atoms with E-state index in [9.17, 15) is 9.18 Å². The van der Waals surface area contributed by atoms with Gasteiger partial charge in [0.05, 0.1) is 12.2 Å². The summed E-state index contributed by atoms with van der Waals surface area (Å²) in [5, 5.41) is 2.76. The third-order valence-electron chi connectivity index (χ3n) is 6.38. The van der Waals surface area contributed by atoms with Crippen LogP contribution in [-0.4, -0.2) is 34.8 Å². The summed E-state index contributed by atoms with van der Waals surface area (Å²) in [6.07, 6.45) is 0.721. The van der Waals surface area contributed by atoms with E-state index < -0.39 is 23.7 Å². The number of anilines is 1. The Morgan fingerprint density at radius 1 is 0.974 bits per heavy atom. The normalized spacial score (nSPS) is 13.1. The minimum absolute atomic E-state index is 0.157. The van der Waals surface area contributed by atoms with Crippen molar-refractivity contribution in [3.63, 3.8) is 0 Å². The summed E-state index contributed by atoms with van der Waals surface area (Å²) in [4.78, 5) is 20.6. The van der Waals surface area contributed by atoms with E-state index in [0.29, 0.717) is 12.2 Å². The van der Waals surface area contributed by atoms with Gasteiger partial charge in [-0.05, 0) is 23.1 Å². The Morgan fingerprint density at radius 2 is 1.55 bits per heavy atom. The summed E-state index contributed by atoms with van der Waals surface area (Å²) in [5.41, 5.74) is 8.68. The van der Waals surface area contributed by atoms with Gasteiger partial charge >= 0.3 is 6.03 Å². The number of nitrogens with two attached hydrogens (primary N) is 1. The highest BCUT2D eigenvalue weighted by molar-refractivity contribution is 5.93. The second kappa shape index (κ2) is 12.0. The lowest BCUT2D eigenvalue weighted by Crippen LogP contribution is -2.49. The zero-order chi connectivity index (χ0) is 27.1. The number of para-hydroxylation sites is 1. The molecule has 38 heavy (non-hydrogen) atoms. The summed E-state index contributed by atoms with van der Waals surface area (Å²) >= 11 is 0. The average Bonchev–Trinajstić information content (AvgIpc) is 3.33. The minimum Gasteiger partial charge on any atom is -0.335 e. The van der Waals surface area contributed by atoms with Crippen molar-refractivity contribution >= 4 is 11.7 Å². The Morgan fingerprint density at radius 3 is 2.13 bits per heavy atom. The summed E-state index contributed by atoms with van der Waals surface area (Å²) in [6.45, 7) is 6.53. The molecule has 3 aromatic carbocycles. The fraction of sp³-hybridized carbons (Fsp3) is 0.290. The van der Waals surface area contributed by atoms with E-state index in [-0.39, 0.29) is 13.1 Å². The Kier molecular flexibility index (Phi) is 8.59. The third kappa shape index (κ3) is 6.47. The molecule has 0 saturated heterocycles. The van der Waals surface area contributed by atoms with Crippen LogP contribution in [0.2, 0.25) is 0 Å². The number of hydrogen-bond donors (Lipinski definition) is 2. The molecule has 2 atom stereocenters. The number of imidazole rings is 1. The topological polar surface area (TPSA) is 76.2 Å². The molecule has 6 nitrogen and oxygen atoms in total. The molecule has 1 heterocycles. The maximum Gasteiger partial charge on any atom is 0.322 e. The lowest BCUT2D eigenvalue weighted by Gasteiger charge is -2.40. The molecule has 0 saturated carbocycles. The number of halogens is 1. The second-order valence-electron chi connectivity index (χ2n) is 10.5. The zero-order valence-electron chi connectivity index (χ0n) is 22.2. The van der Waals surface area contributed by atoms with E-state index >= 15 is 0 Å². The number of nitrogens with zero attached hydrogens (tertiary/aromatic N) is 3. The quantitative estimate of drug-likeness (QED) is 0.280. The SMILES string of the molecule is CC(C)(C)[C@H](c1nc(-c2ccccc2)cn1Cc1ccccc1)N(C(=O)NC[C@H](F)CN)c1ccccc1. The predicted molar refractivity (Wildman–Crippen MR) is 152 cm³/mol. The first kappa shape index (κ1) is 27.1. The molecule has 1 aromatic heterocycles. The van der Waals surface area contributed by atoms with Crippen molar-refractivity contribution in [1.82, 2.24) is 14.9 Å². The number of urea groups is 1. The van der Waals surface area contributed by atoms with E-state index in [1.54, 1.807) is 4.90 Å². The van der Waals surface area contributed by atoms with Crippen molar-refractivity contribution in [2.24, 2.45) is 11.1 Å². The van der Waals surface area contributed by atoms with Gasteiger partial charge in [-0.3, -0.25) is 4.90 Å². The van der Waals surface area contributed by atoms with Gasteiger partial charge in [0, 0.05) is 30.5 Å². The Hall–Kier alpha value is -3.97. The number of nitrogens with one attached hydrogen (secondary N) is 1. The van der Waals surface area contributed by atoms with Crippen LogP contribution in [0.3, 0.4) is 0 Å². The summed E-state index contributed by atoms with van der Waals surface area (Å²) < 4.78 is 16.2. The van der Waals surface area contributed by atoms with E-state index in [2.05, 4.69) is 42.8 Å². The summed E-state index contributed by atoms with van der Waals surface area (Å²) in [7, 11) is 0. The number of rotatable bonds is 9. The molecule has 4 aromatic rings. The highest BCUT2D eigenvalue weighted by atomic mass is 19.1. The van der Waals surface area contributed by atoms with Gasteiger partial charge in [0.2, 0.25) is 0 Å². The van der Waals surface area contributed by atoms with E-state index in [1.165, 1.54) is 0 Å². The van der Waals surface area contributed by atoms with Crippen LogP contribution in [0, 0.1) is 5.41 Å². The minimum atomic E-state index is -1.32. The molecule has 0 aliphatic heterocycles. The standard InChI is InChI=1S/C31H36FN5O/c1-31(2,3)28(37(26-17-11-6-12-18-26)30(38)34-20-25(32)19-33)29-35-27(24-15-9-5-10-16-24)22-36(29)21-23-13-7-4-8-14-23/h4-18,22,25,28H,19-21,33H2,1-3H3,(H,34,38)/t25-,28+/m1/s1. The van der Waals surface area contributed by atoms with E-state index in [4.69, 9.17) is 10.7 Å². The largest absolute Gasteiger partial charge is 0.335 e. The van der Waals surface area contributed by atoms with Crippen molar-refractivity contribution in [1.29, 1.82) is 0 Å². The van der Waals surface area contributed by atoms with Crippen LogP contribution in [-0.2, 0) is 6.54 Å². The number of aromatic nitrogens is 2. The van der Waals surface area contributed by atoms with E-state index in [0.717, 1.165) is 22.6 Å². The molecule has 4 rings (SSSR count). The first-order valence-corrected chi connectivity index (χ1v) is 12.9. The highest BCUT2D eigenvalue weighted by Gasteiger charge is 2.39. The molecule has 0 unspecified atom stereocenters. The number of alkyl halides is 1. The smallest absolute Gasteiger partial charge is 0.322 e. The molecule has 0 aliphatic rings. The lowest BCUT2D eigenvalue weighted by atomic mass is 9.84. The number of benzene rings is 3. The van der Waals surface area contributed by atoms with E-state index in [1.807, 2.05) is 85.1 Å². The fourth-order valence-electron chi connectivity index (χ4n) is 4.53. The molecule has 198 valence electrons. The summed E-state index contributed by atoms with van der Waals surface area (Å²) in [5.74, 6) is 0.745. The van der Waals surface area contributed by atoms with Crippen LogP contribution in [0.5, 0.6) is 0 Å². The molecular weight excluding hydrogens is 477 g/mol. The fourth-order valence-corrected chi connectivity index (χ4v) is 4.53. The van der Waals surface area contributed by atoms with Gasteiger partial charge in [-0.25, -0.2) is 14.2 Å². The molecule has 3 N–H and O–H groups in total. The maximum atomic E-state index is 14.0. The van der Waals surface area contributed by atoms with Crippen molar-refractivity contribution in [2.45, 2.75) is 39.5 Å². The molecule has 0 fully saturated rings. The van der Waals surface area contributed by atoms with Gasteiger partial charge in [0.1, 0.15) is 18.0 Å². The molecule has 0 bridgehead atoms. The van der Waals surface area contributed by atoms with Crippen LogP contribution < -0.4 is 16.0 Å². The van der Waals surface area contributed by atoms with Gasteiger partial charge in [-0.15, -0.1) is 0 Å². The monoisotopic (exact) mass is 513 g/mol. The van der Waals surface area contributed by atoms with Gasteiger partial charge in [-0.2, -0.15) is 0 Å². The van der Waals surface area contributed by atoms with Crippen LogP contribution in [0.15, 0.2) is 97.2 Å². The van der Waals surface area contributed by atoms with Crippen LogP contribution in [0.4, 0.5) is 14.9 Å². The van der Waals surface area contributed by atoms with Crippen LogP contribution in [0.1, 0.15) is 38.2 Å². The van der Waals surface area contributed by atoms with Crippen LogP contribution >= 0.6 is 0 Å². The van der Waals surface area contributed by atoms with Crippen molar-refractivity contribution in [3.8, 4) is 11.3 Å². The Balaban J connectivity index is 1.86. The van der Waals surface area contributed by atoms with Gasteiger partial charge in [-0.1, -0.05) is 99.6 Å². The predicted octanol–water partition coefficient (Wildman–Crippen LogP) is 6.20. The van der Waals surface area contributed by atoms with Gasteiger partial charge in [0.25, 0.3) is 0 Å². The molecule has 0 radical (unpaired) electrons. The second-order valence-corrected chi connectivity index (χ2v) is 10.5. The first-order chi connectivity index (χ1) is 18.3. The summed E-state index contributed by atoms with van der Waals surface area (Å²) in [6, 6.07) is 28.8. The van der Waals surface area contributed by atoms with Crippen molar-refractivity contribution < 1.29 is 9.18 Å². The molecular formula is C31H36FN5O. The lowest BCUT2D eigenvalue weighted by molar-refractivity contribution is 0.225. The Bertz CT molecular complexity index is 1300. The number of hydrogen-bond acceptors (Lipinski definition) is 3. The van der Waals surface area contributed by atoms with Crippen molar-refractivity contribution in [2.75, 3.05) is 18.0 Å². The average molecular weight is 514 g/mol. The Labute approximate surface area is 224 Å². The van der Waals surface area contributed by atoms with Gasteiger partial charge in [0.15, 0.2) is 0 Å². The molecule has 0 aliphatic carbocycles. The highest BCUT2D eigenvalue weighted by Crippen LogP contribution is 2.41. The third-order valence-corrected chi connectivity index (χ3v) is 6.38. The number of carbonyl (C=O) groups excluding carboxylic acids is 1. The molecule has 7 heteroatoms. The number of carbonyl (C=O) groups is 1. The molecule has 2 amide bonds. The first-order valence-electron chi connectivity index (χ1n) is 12.9. The van der Waals surface area contributed by atoms with Gasteiger partial charge < -0.3 is 15.6 Å². The molecule has 0 spiro atoms. The van der Waals surface area contributed by atoms with Crippen molar-refractivity contribution in [3.05, 3.63) is 109 Å². The zero-order valence-corrected chi connectivity index (χ0v) is 22.2. The maximum absolute atomic E-state index is 14.0. The number of amides is 2. The van der Waals surface area contributed by atoms with Crippen LogP contribution in [0.25, 0.3) is 11.3 Å².